The number of aromatic nitrogens is 2. The van der Waals surface area contributed by atoms with Gasteiger partial charge in [0.25, 0.3) is 11.8 Å². The van der Waals surface area contributed by atoms with Gasteiger partial charge in [0.15, 0.2) is 0 Å². The largest absolute Gasteiger partial charge is 0.416 e. The molecule has 1 aromatic heterocycles. The number of hydrogen-bond acceptors (Lipinski definition) is 3. The number of nitrogens with two attached hydrogens (primary N) is 1. The summed E-state index contributed by atoms with van der Waals surface area (Å²) >= 11 is 12.2. The molecule has 0 saturated heterocycles. The first-order chi connectivity index (χ1) is 16.6. The topological polar surface area (TPSA) is 90.0 Å². The lowest BCUT2D eigenvalue weighted by Gasteiger charge is -2.12. The van der Waals surface area contributed by atoms with E-state index in [-0.39, 0.29) is 27.1 Å². The molecular formula is C22H14Cl2F6N4O2. The number of rotatable bonds is 5. The van der Waals surface area contributed by atoms with Crippen molar-refractivity contribution >= 4 is 46.8 Å². The molecule has 0 aliphatic carbocycles. The Balaban J connectivity index is 2.01. The van der Waals surface area contributed by atoms with Gasteiger partial charge in [-0.1, -0.05) is 29.3 Å². The normalized spacial score (nSPS) is 12.5. The molecule has 3 rings (SSSR count). The molecule has 2 amide bonds. The maximum atomic E-state index is 13.1. The summed E-state index contributed by atoms with van der Waals surface area (Å²) in [6, 6.07) is 6.28. The number of halogens is 8. The minimum atomic E-state index is -4.73. The highest BCUT2D eigenvalue weighted by Gasteiger charge is 2.32. The lowest BCUT2D eigenvalue weighted by atomic mass is 10.1. The summed E-state index contributed by atoms with van der Waals surface area (Å²) in [6.07, 6.45) is -8.43. The quantitative estimate of drug-likeness (QED) is 0.176. The molecule has 0 aliphatic rings. The molecule has 0 radical (unpaired) electrons. The van der Waals surface area contributed by atoms with Crippen molar-refractivity contribution in [3.8, 4) is 5.69 Å². The Morgan fingerprint density at radius 3 is 2.19 bits per heavy atom. The van der Waals surface area contributed by atoms with Crippen LogP contribution in [0.3, 0.4) is 0 Å². The van der Waals surface area contributed by atoms with Gasteiger partial charge in [0.05, 0.1) is 33.2 Å². The van der Waals surface area contributed by atoms with E-state index in [1.54, 1.807) is 0 Å². The van der Waals surface area contributed by atoms with Crippen molar-refractivity contribution in [2.24, 2.45) is 5.73 Å². The first-order valence-electron chi connectivity index (χ1n) is 9.72. The highest BCUT2D eigenvalue weighted by Crippen LogP contribution is 2.35. The Morgan fingerprint density at radius 1 is 1.00 bits per heavy atom. The first-order valence-corrected chi connectivity index (χ1v) is 10.5. The van der Waals surface area contributed by atoms with Crippen molar-refractivity contribution in [3.63, 3.8) is 0 Å². The molecule has 190 valence electrons. The maximum absolute atomic E-state index is 13.1. The summed E-state index contributed by atoms with van der Waals surface area (Å²) in [5, 5.41) is 5.65. The molecule has 0 saturated carbocycles. The number of amides is 2. The SMILES string of the molecule is Cc1nn(-c2cccc(C(F)(F)F)c2)c(Cl)c1/C=C(\C(N)=O)C(=O)Nc1cc(C(F)(F)F)ccc1Cl. The monoisotopic (exact) mass is 550 g/mol. The van der Waals surface area contributed by atoms with Gasteiger partial charge in [-0.25, -0.2) is 4.68 Å². The van der Waals surface area contributed by atoms with E-state index in [2.05, 4.69) is 10.4 Å². The molecule has 0 spiro atoms. The fraction of sp³-hybridized carbons (Fsp3) is 0.136. The molecule has 0 aliphatic heterocycles. The van der Waals surface area contributed by atoms with E-state index in [0.717, 1.165) is 35.0 Å². The summed E-state index contributed by atoms with van der Waals surface area (Å²) in [4.78, 5) is 24.7. The number of aryl methyl sites for hydroxylation is 1. The number of anilines is 1. The predicted molar refractivity (Wildman–Crippen MR) is 121 cm³/mol. The molecule has 2 aromatic carbocycles. The molecule has 3 N–H and O–H groups in total. The standard InChI is InChI=1S/C22H14Cl2F6N4O2/c1-10-14(18(24)34(33-10)13-4-2-3-11(7-13)21(25,26)27)9-15(19(31)35)20(36)32-17-8-12(22(28,29)30)5-6-16(17)23/h2-9H,1H3,(H2,31,35)(H,32,36)/b15-9+. The van der Waals surface area contributed by atoms with Crippen LogP contribution in [-0.2, 0) is 21.9 Å². The molecule has 14 heteroatoms. The summed E-state index contributed by atoms with van der Waals surface area (Å²) in [7, 11) is 0. The van der Waals surface area contributed by atoms with Gasteiger partial charge >= 0.3 is 12.4 Å². The van der Waals surface area contributed by atoms with E-state index in [1.807, 2.05) is 0 Å². The van der Waals surface area contributed by atoms with Gasteiger partial charge in [-0.2, -0.15) is 31.4 Å². The zero-order valence-electron chi connectivity index (χ0n) is 17.9. The summed E-state index contributed by atoms with van der Waals surface area (Å²) < 4.78 is 79.2. The van der Waals surface area contributed by atoms with Crippen LogP contribution in [0.15, 0.2) is 48.0 Å². The van der Waals surface area contributed by atoms with Gasteiger partial charge in [-0.3, -0.25) is 9.59 Å². The first kappa shape index (κ1) is 27.1. The van der Waals surface area contributed by atoms with Crippen LogP contribution in [0.1, 0.15) is 22.4 Å². The smallest absolute Gasteiger partial charge is 0.365 e. The average molecular weight is 551 g/mol. The van der Waals surface area contributed by atoms with E-state index < -0.39 is 46.6 Å². The minimum Gasteiger partial charge on any atom is -0.365 e. The molecule has 6 nitrogen and oxygen atoms in total. The Bertz CT molecular complexity index is 1380. The summed E-state index contributed by atoms with van der Waals surface area (Å²) in [6.45, 7) is 1.40. The van der Waals surface area contributed by atoms with Crippen molar-refractivity contribution in [2.75, 3.05) is 5.32 Å². The number of benzene rings is 2. The molecule has 0 bridgehead atoms. The minimum absolute atomic E-state index is 0.0341. The van der Waals surface area contributed by atoms with E-state index >= 15 is 0 Å². The Hall–Kier alpha value is -3.51. The Kier molecular flexibility index (Phi) is 7.42. The number of nitrogens with zero attached hydrogens (tertiary/aromatic N) is 2. The lowest BCUT2D eigenvalue weighted by Crippen LogP contribution is -2.26. The molecule has 0 unspecified atom stereocenters. The fourth-order valence-electron chi connectivity index (χ4n) is 3.04. The van der Waals surface area contributed by atoms with Crippen molar-refractivity contribution < 1.29 is 35.9 Å². The van der Waals surface area contributed by atoms with E-state index in [4.69, 9.17) is 28.9 Å². The number of primary amides is 1. The predicted octanol–water partition coefficient (Wildman–Crippen LogP) is 6.03. The number of hydrogen-bond donors (Lipinski definition) is 2. The molecular weight excluding hydrogens is 537 g/mol. The second-order valence-corrected chi connectivity index (χ2v) is 8.08. The number of carbonyl (C=O) groups is 2. The molecule has 3 aromatic rings. The number of alkyl halides is 6. The highest BCUT2D eigenvalue weighted by molar-refractivity contribution is 6.35. The van der Waals surface area contributed by atoms with Crippen LogP contribution in [0.25, 0.3) is 11.8 Å². The van der Waals surface area contributed by atoms with Gasteiger partial charge in [0.1, 0.15) is 10.7 Å². The number of nitrogens with one attached hydrogen (secondary N) is 1. The molecule has 36 heavy (non-hydrogen) atoms. The zero-order valence-corrected chi connectivity index (χ0v) is 19.4. The Morgan fingerprint density at radius 2 is 1.61 bits per heavy atom. The van der Waals surface area contributed by atoms with Crippen LogP contribution in [0.2, 0.25) is 10.2 Å². The molecule has 0 fully saturated rings. The summed E-state index contributed by atoms with van der Waals surface area (Å²) in [5.41, 5.74) is 2.08. The van der Waals surface area contributed by atoms with Crippen molar-refractivity contribution in [2.45, 2.75) is 19.3 Å². The van der Waals surface area contributed by atoms with Gasteiger partial charge in [0, 0.05) is 5.56 Å². The molecule has 1 heterocycles. The van der Waals surface area contributed by atoms with Crippen LogP contribution >= 0.6 is 23.2 Å². The van der Waals surface area contributed by atoms with Gasteiger partial charge < -0.3 is 11.1 Å². The third kappa shape index (κ3) is 5.82. The third-order valence-electron chi connectivity index (χ3n) is 4.81. The van der Waals surface area contributed by atoms with E-state index in [0.29, 0.717) is 12.1 Å². The van der Waals surface area contributed by atoms with E-state index in [1.165, 1.54) is 13.0 Å². The lowest BCUT2D eigenvalue weighted by molar-refractivity contribution is -0.138. The summed E-state index contributed by atoms with van der Waals surface area (Å²) in [5.74, 6) is -2.47. The van der Waals surface area contributed by atoms with Gasteiger partial charge in [-0.05, 0) is 49.4 Å². The fourth-order valence-corrected chi connectivity index (χ4v) is 3.53. The van der Waals surface area contributed by atoms with Crippen molar-refractivity contribution in [3.05, 3.63) is 80.6 Å². The van der Waals surface area contributed by atoms with E-state index in [9.17, 15) is 35.9 Å². The van der Waals surface area contributed by atoms with Crippen LogP contribution in [0.4, 0.5) is 32.0 Å². The van der Waals surface area contributed by atoms with Crippen LogP contribution in [0, 0.1) is 6.92 Å². The number of carbonyl (C=O) groups excluding carboxylic acids is 2. The maximum Gasteiger partial charge on any atom is 0.416 e. The van der Waals surface area contributed by atoms with Crippen molar-refractivity contribution in [1.82, 2.24) is 9.78 Å². The van der Waals surface area contributed by atoms with Crippen LogP contribution in [0.5, 0.6) is 0 Å². The van der Waals surface area contributed by atoms with Gasteiger partial charge in [-0.15, -0.1) is 0 Å². The zero-order chi connectivity index (χ0) is 27.0. The van der Waals surface area contributed by atoms with Crippen LogP contribution in [-0.4, -0.2) is 21.6 Å². The van der Waals surface area contributed by atoms with Crippen molar-refractivity contribution in [1.29, 1.82) is 0 Å². The highest BCUT2D eigenvalue weighted by atomic mass is 35.5. The van der Waals surface area contributed by atoms with Gasteiger partial charge in [0.2, 0.25) is 0 Å². The average Bonchev–Trinajstić information content (AvgIpc) is 3.05. The Labute approximate surface area is 209 Å². The molecule has 0 atom stereocenters. The third-order valence-corrected chi connectivity index (χ3v) is 5.50. The second kappa shape index (κ2) is 9.86. The van der Waals surface area contributed by atoms with Crippen LogP contribution < -0.4 is 11.1 Å². The second-order valence-electron chi connectivity index (χ2n) is 7.32.